The quantitative estimate of drug-likeness (QED) is 0.813. The van der Waals surface area contributed by atoms with Crippen molar-refractivity contribution in [1.82, 2.24) is 0 Å². The van der Waals surface area contributed by atoms with Crippen LogP contribution in [0, 0.1) is 0 Å². The van der Waals surface area contributed by atoms with E-state index in [1.165, 1.54) is 11.3 Å². The molecule has 1 rings (SSSR count). The number of thiophene rings is 1. The molecule has 0 aliphatic heterocycles. The molecule has 1 N–H and O–H groups in total. The Balaban J connectivity index is 2.35. The van der Waals surface area contributed by atoms with Crippen LogP contribution in [-0.2, 0) is 6.42 Å². The normalized spacial score (nSPS) is 14.5. The summed E-state index contributed by atoms with van der Waals surface area (Å²) in [7, 11) is 0. The van der Waals surface area contributed by atoms with Crippen LogP contribution in [0.3, 0.4) is 0 Å². The smallest absolute Gasteiger partial charge is 0.384 e. The molecule has 0 radical (unpaired) electrons. The van der Waals surface area contributed by atoms with Gasteiger partial charge in [0, 0.05) is 0 Å². The maximum atomic E-state index is 11.8. The first kappa shape index (κ1) is 10.5. The highest BCUT2D eigenvalue weighted by Crippen LogP contribution is 2.23. The standard InChI is InChI=1S/C8H9F3OS/c9-8(10,11)7(12)2-1-6-3-4-13-5-6/h3-5,7,12H,1-2H2. The topological polar surface area (TPSA) is 20.2 Å². The molecular formula is C8H9F3OS. The number of aryl methyl sites for hydroxylation is 1. The highest BCUT2D eigenvalue weighted by molar-refractivity contribution is 7.07. The molecule has 1 aromatic heterocycles. The Kier molecular flexibility index (Phi) is 3.33. The Hall–Kier alpha value is -0.550. The zero-order chi connectivity index (χ0) is 9.90. The van der Waals surface area contributed by atoms with Gasteiger partial charge in [-0.05, 0) is 35.2 Å². The summed E-state index contributed by atoms with van der Waals surface area (Å²) >= 11 is 1.44. The SMILES string of the molecule is OC(CCc1ccsc1)C(F)(F)F. The molecule has 0 saturated heterocycles. The van der Waals surface area contributed by atoms with Crippen molar-refractivity contribution in [2.24, 2.45) is 0 Å². The maximum absolute atomic E-state index is 11.8. The van der Waals surface area contributed by atoms with Crippen LogP contribution in [0.1, 0.15) is 12.0 Å². The Morgan fingerprint density at radius 2 is 2.15 bits per heavy atom. The Labute approximate surface area is 77.8 Å². The molecule has 1 atom stereocenters. The lowest BCUT2D eigenvalue weighted by molar-refractivity contribution is -0.205. The average Bonchev–Trinajstić information content (AvgIpc) is 2.50. The molecule has 0 aliphatic carbocycles. The fourth-order valence-corrected chi connectivity index (χ4v) is 1.61. The van der Waals surface area contributed by atoms with Crippen LogP contribution in [0.5, 0.6) is 0 Å². The third-order valence-corrected chi connectivity index (χ3v) is 2.40. The van der Waals surface area contributed by atoms with Crippen LogP contribution in [-0.4, -0.2) is 17.4 Å². The van der Waals surface area contributed by atoms with Gasteiger partial charge in [-0.1, -0.05) is 0 Å². The second-order valence-corrected chi connectivity index (χ2v) is 3.51. The van der Waals surface area contributed by atoms with Crippen LogP contribution in [0.25, 0.3) is 0 Å². The monoisotopic (exact) mass is 210 g/mol. The molecule has 0 aliphatic rings. The van der Waals surface area contributed by atoms with Gasteiger partial charge in [0.25, 0.3) is 0 Å². The molecule has 0 bridgehead atoms. The Morgan fingerprint density at radius 1 is 1.46 bits per heavy atom. The summed E-state index contributed by atoms with van der Waals surface area (Å²) in [6, 6.07) is 1.76. The van der Waals surface area contributed by atoms with Gasteiger partial charge in [-0.2, -0.15) is 24.5 Å². The van der Waals surface area contributed by atoms with Crippen molar-refractivity contribution >= 4 is 11.3 Å². The van der Waals surface area contributed by atoms with Crippen LogP contribution >= 0.6 is 11.3 Å². The van der Waals surface area contributed by atoms with E-state index in [0.717, 1.165) is 5.56 Å². The summed E-state index contributed by atoms with van der Waals surface area (Å²) in [6.45, 7) is 0. The van der Waals surface area contributed by atoms with Crippen molar-refractivity contribution in [2.75, 3.05) is 0 Å². The minimum Gasteiger partial charge on any atom is -0.384 e. The first-order chi connectivity index (χ1) is 6.00. The fourth-order valence-electron chi connectivity index (χ4n) is 0.902. The molecule has 13 heavy (non-hydrogen) atoms. The predicted molar refractivity (Wildman–Crippen MR) is 44.7 cm³/mol. The van der Waals surface area contributed by atoms with Crippen molar-refractivity contribution in [1.29, 1.82) is 0 Å². The molecule has 0 amide bonds. The lowest BCUT2D eigenvalue weighted by Gasteiger charge is -2.13. The van der Waals surface area contributed by atoms with Crippen molar-refractivity contribution in [3.05, 3.63) is 22.4 Å². The Bertz CT molecular complexity index is 242. The third-order valence-electron chi connectivity index (χ3n) is 1.66. The minimum atomic E-state index is -4.49. The molecule has 1 aromatic rings. The minimum absolute atomic E-state index is 0.264. The zero-order valence-corrected chi connectivity index (χ0v) is 7.53. The van der Waals surface area contributed by atoms with E-state index in [9.17, 15) is 13.2 Å². The highest BCUT2D eigenvalue weighted by atomic mass is 32.1. The first-order valence-electron chi connectivity index (χ1n) is 3.76. The van der Waals surface area contributed by atoms with Gasteiger partial charge in [-0.25, -0.2) is 0 Å². The molecule has 0 aromatic carbocycles. The van der Waals surface area contributed by atoms with Gasteiger partial charge in [0.2, 0.25) is 0 Å². The lowest BCUT2D eigenvalue weighted by atomic mass is 10.1. The number of hydrogen-bond donors (Lipinski definition) is 1. The van der Waals surface area contributed by atoms with Gasteiger partial charge >= 0.3 is 6.18 Å². The molecule has 0 spiro atoms. The molecule has 1 heterocycles. The van der Waals surface area contributed by atoms with Gasteiger partial charge < -0.3 is 5.11 Å². The van der Waals surface area contributed by atoms with E-state index in [2.05, 4.69) is 0 Å². The first-order valence-corrected chi connectivity index (χ1v) is 4.70. The number of rotatable bonds is 3. The molecule has 0 saturated carbocycles. The van der Waals surface area contributed by atoms with Crippen LogP contribution in [0.2, 0.25) is 0 Å². The molecule has 0 fully saturated rings. The van der Waals surface area contributed by atoms with Crippen molar-refractivity contribution in [3.63, 3.8) is 0 Å². The number of alkyl halides is 3. The summed E-state index contributed by atoms with van der Waals surface area (Å²) in [5.41, 5.74) is 0.841. The van der Waals surface area contributed by atoms with E-state index in [0.29, 0.717) is 0 Å². The Morgan fingerprint density at radius 3 is 2.62 bits per heavy atom. The molecule has 1 nitrogen and oxygen atoms in total. The van der Waals surface area contributed by atoms with E-state index in [1.54, 1.807) is 16.8 Å². The molecule has 1 unspecified atom stereocenters. The van der Waals surface area contributed by atoms with E-state index in [1.807, 2.05) is 0 Å². The summed E-state index contributed by atoms with van der Waals surface area (Å²) in [4.78, 5) is 0. The lowest BCUT2D eigenvalue weighted by Crippen LogP contribution is -2.28. The number of aliphatic hydroxyl groups is 1. The summed E-state index contributed by atoms with van der Waals surface area (Å²) in [5, 5.41) is 12.2. The third kappa shape index (κ3) is 3.36. The van der Waals surface area contributed by atoms with Crippen molar-refractivity contribution in [3.8, 4) is 0 Å². The largest absolute Gasteiger partial charge is 0.414 e. The number of hydrogen-bond acceptors (Lipinski definition) is 2. The van der Waals surface area contributed by atoms with E-state index in [4.69, 9.17) is 5.11 Å². The van der Waals surface area contributed by atoms with Crippen molar-refractivity contribution < 1.29 is 18.3 Å². The summed E-state index contributed by atoms with van der Waals surface area (Å²) in [6.07, 6.45) is -6.69. The van der Waals surface area contributed by atoms with E-state index < -0.39 is 12.3 Å². The van der Waals surface area contributed by atoms with Crippen LogP contribution in [0.15, 0.2) is 16.8 Å². The fraction of sp³-hybridized carbons (Fsp3) is 0.500. The second kappa shape index (κ2) is 4.11. The zero-order valence-electron chi connectivity index (χ0n) is 6.71. The summed E-state index contributed by atoms with van der Waals surface area (Å²) in [5.74, 6) is 0. The molecule has 74 valence electrons. The van der Waals surface area contributed by atoms with Gasteiger partial charge in [-0.15, -0.1) is 0 Å². The highest BCUT2D eigenvalue weighted by Gasteiger charge is 2.37. The predicted octanol–water partition coefficient (Wildman–Crippen LogP) is 2.60. The van der Waals surface area contributed by atoms with Gasteiger partial charge in [0.15, 0.2) is 0 Å². The average molecular weight is 210 g/mol. The van der Waals surface area contributed by atoms with Gasteiger partial charge in [-0.3, -0.25) is 0 Å². The van der Waals surface area contributed by atoms with Crippen molar-refractivity contribution in [2.45, 2.75) is 25.1 Å². The maximum Gasteiger partial charge on any atom is 0.414 e. The van der Waals surface area contributed by atoms with Crippen LogP contribution in [0.4, 0.5) is 13.2 Å². The van der Waals surface area contributed by atoms with Gasteiger partial charge in [0.1, 0.15) is 6.10 Å². The van der Waals surface area contributed by atoms with E-state index in [-0.39, 0.29) is 12.8 Å². The molecular weight excluding hydrogens is 201 g/mol. The van der Waals surface area contributed by atoms with Crippen LogP contribution < -0.4 is 0 Å². The number of aliphatic hydroxyl groups excluding tert-OH is 1. The second-order valence-electron chi connectivity index (χ2n) is 2.73. The van der Waals surface area contributed by atoms with E-state index >= 15 is 0 Å². The molecule has 5 heteroatoms. The summed E-state index contributed by atoms with van der Waals surface area (Å²) < 4.78 is 35.5. The number of halogens is 3. The van der Waals surface area contributed by atoms with Gasteiger partial charge in [0.05, 0.1) is 0 Å².